The molecule has 0 spiro atoms. The van der Waals surface area contributed by atoms with Gasteiger partial charge in [0.05, 0.1) is 9.95 Å². The van der Waals surface area contributed by atoms with Gasteiger partial charge in [-0.25, -0.2) is 0 Å². The number of benzene rings is 1. The number of nitrogens with zero attached hydrogens (tertiary/aromatic N) is 1. The molecule has 1 aliphatic rings. The average molecular weight is 283 g/mol. The fourth-order valence-electron chi connectivity index (χ4n) is 2.01. The zero-order valence-corrected chi connectivity index (χ0v) is 10.6. The summed E-state index contributed by atoms with van der Waals surface area (Å²) in [7, 11) is 0. The molecule has 0 aromatic heterocycles. The van der Waals surface area contributed by atoms with Crippen molar-refractivity contribution in [2.24, 2.45) is 5.92 Å². The van der Waals surface area contributed by atoms with Gasteiger partial charge in [0.1, 0.15) is 0 Å². The molecule has 0 saturated carbocycles. The van der Waals surface area contributed by atoms with Crippen LogP contribution in [0.2, 0.25) is 5.02 Å². The van der Waals surface area contributed by atoms with E-state index in [9.17, 15) is 19.7 Å². The highest BCUT2D eigenvalue weighted by Crippen LogP contribution is 2.26. The molecule has 1 heterocycles. The first-order valence-electron chi connectivity index (χ1n) is 5.74. The molecule has 0 bridgehead atoms. The van der Waals surface area contributed by atoms with Crippen LogP contribution in [-0.4, -0.2) is 16.7 Å². The van der Waals surface area contributed by atoms with Gasteiger partial charge in [-0.1, -0.05) is 17.7 Å². The molecule has 1 saturated heterocycles. The minimum Gasteiger partial charge on any atom is -0.296 e. The standard InChI is InChI=1S/C12H11ClN2O4/c13-10-6-9(15(18)19)3-1-7(10)5-8-2-4-11(16)14-12(8)17/h1,3,6,8H,2,4-5H2,(H,14,16,17). The summed E-state index contributed by atoms with van der Waals surface area (Å²) in [4.78, 5) is 32.7. The summed E-state index contributed by atoms with van der Waals surface area (Å²) in [5, 5.41) is 13.1. The van der Waals surface area contributed by atoms with Crippen LogP contribution in [0.25, 0.3) is 0 Å². The van der Waals surface area contributed by atoms with Crippen molar-refractivity contribution in [2.45, 2.75) is 19.3 Å². The van der Waals surface area contributed by atoms with Crippen LogP contribution in [0, 0.1) is 16.0 Å². The topological polar surface area (TPSA) is 89.3 Å². The molecule has 7 heteroatoms. The Balaban J connectivity index is 2.13. The average Bonchev–Trinajstić information content (AvgIpc) is 2.34. The van der Waals surface area contributed by atoms with Crippen molar-refractivity contribution in [1.29, 1.82) is 0 Å². The first kappa shape index (κ1) is 13.5. The number of amides is 2. The van der Waals surface area contributed by atoms with Crippen LogP contribution in [0.4, 0.5) is 5.69 Å². The second-order valence-electron chi connectivity index (χ2n) is 4.38. The predicted octanol–water partition coefficient (Wildman–Crippen LogP) is 1.84. The molecule has 19 heavy (non-hydrogen) atoms. The summed E-state index contributed by atoms with van der Waals surface area (Å²) in [5.74, 6) is -0.904. The minimum absolute atomic E-state index is 0.0861. The van der Waals surface area contributed by atoms with Gasteiger partial charge in [-0.3, -0.25) is 25.0 Å². The van der Waals surface area contributed by atoms with E-state index < -0.39 is 4.92 Å². The fourth-order valence-corrected chi connectivity index (χ4v) is 2.27. The van der Waals surface area contributed by atoms with Crippen molar-refractivity contribution < 1.29 is 14.5 Å². The Bertz CT molecular complexity index is 559. The highest BCUT2D eigenvalue weighted by molar-refractivity contribution is 6.31. The Morgan fingerprint density at radius 2 is 2.16 bits per heavy atom. The minimum atomic E-state index is -0.526. The number of rotatable bonds is 3. The molecule has 1 atom stereocenters. The van der Waals surface area contributed by atoms with E-state index in [1.165, 1.54) is 12.1 Å². The van der Waals surface area contributed by atoms with Crippen LogP contribution < -0.4 is 5.32 Å². The Morgan fingerprint density at radius 1 is 1.42 bits per heavy atom. The van der Waals surface area contributed by atoms with Gasteiger partial charge in [-0.05, 0) is 18.4 Å². The van der Waals surface area contributed by atoms with Crippen LogP contribution in [-0.2, 0) is 16.0 Å². The smallest absolute Gasteiger partial charge is 0.270 e. The molecular weight excluding hydrogens is 272 g/mol. The lowest BCUT2D eigenvalue weighted by Crippen LogP contribution is -2.41. The number of hydrogen-bond donors (Lipinski definition) is 1. The van der Waals surface area contributed by atoms with Crippen molar-refractivity contribution in [2.75, 3.05) is 0 Å². The molecular formula is C12H11ClN2O4. The normalized spacial score (nSPS) is 19.1. The van der Waals surface area contributed by atoms with Gasteiger partial charge in [0.15, 0.2) is 0 Å². The van der Waals surface area contributed by atoms with Crippen molar-refractivity contribution in [3.63, 3.8) is 0 Å². The van der Waals surface area contributed by atoms with Crippen LogP contribution in [0.15, 0.2) is 18.2 Å². The predicted molar refractivity (Wildman–Crippen MR) is 67.7 cm³/mol. The van der Waals surface area contributed by atoms with Crippen LogP contribution in [0.5, 0.6) is 0 Å². The number of hydrogen-bond acceptors (Lipinski definition) is 4. The quantitative estimate of drug-likeness (QED) is 0.520. The van der Waals surface area contributed by atoms with Gasteiger partial charge >= 0.3 is 0 Å². The molecule has 100 valence electrons. The molecule has 1 aromatic rings. The van der Waals surface area contributed by atoms with E-state index in [0.717, 1.165) is 0 Å². The zero-order valence-electron chi connectivity index (χ0n) is 9.89. The lowest BCUT2D eigenvalue weighted by Gasteiger charge is -2.21. The maximum atomic E-state index is 11.6. The molecule has 0 radical (unpaired) electrons. The van der Waals surface area contributed by atoms with Crippen molar-refractivity contribution in [1.82, 2.24) is 5.32 Å². The zero-order chi connectivity index (χ0) is 14.0. The van der Waals surface area contributed by atoms with Gasteiger partial charge in [0.25, 0.3) is 5.69 Å². The van der Waals surface area contributed by atoms with Crippen molar-refractivity contribution in [3.8, 4) is 0 Å². The van der Waals surface area contributed by atoms with Crippen LogP contribution >= 0.6 is 11.6 Å². The second-order valence-corrected chi connectivity index (χ2v) is 4.79. The Morgan fingerprint density at radius 3 is 2.74 bits per heavy atom. The first-order valence-corrected chi connectivity index (χ1v) is 6.11. The molecule has 1 aliphatic heterocycles. The summed E-state index contributed by atoms with van der Waals surface area (Å²) >= 11 is 5.97. The molecule has 1 unspecified atom stereocenters. The van der Waals surface area contributed by atoms with Gasteiger partial charge in [-0.15, -0.1) is 0 Å². The third-order valence-electron chi connectivity index (χ3n) is 3.07. The van der Waals surface area contributed by atoms with Crippen LogP contribution in [0.1, 0.15) is 18.4 Å². The number of carbonyl (C=O) groups is 2. The van der Waals surface area contributed by atoms with Gasteiger partial charge < -0.3 is 0 Å². The largest absolute Gasteiger partial charge is 0.296 e. The summed E-state index contributed by atoms with van der Waals surface area (Å²) in [5.41, 5.74) is 0.582. The van der Waals surface area contributed by atoms with E-state index in [-0.39, 0.29) is 28.4 Å². The maximum absolute atomic E-state index is 11.6. The number of non-ortho nitro benzene ring substituents is 1. The number of nitro groups is 1. The second kappa shape index (κ2) is 5.36. The van der Waals surface area contributed by atoms with Gasteiger partial charge in [0, 0.05) is 24.5 Å². The molecule has 2 rings (SSSR count). The number of imide groups is 1. The molecule has 2 amide bonds. The van der Waals surface area contributed by atoms with E-state index in [2.05, 4.69) is 5.32 Å². The summed E-state index contributed by atoms with van der Waals surface area (Å²) in [6.45, 7) is 0. The van der Waals surface area contributed by atoms with Crippen LogP contribution in [0.3, 0.4) is 0 Å². The van der Waals surface area contributed by atoms with Crippen molar-refractivity contribution >= 4 is 29.1 Å². The summed E-state index contributed by atoms with van der Waals surface area (Å²) < 4.78 is 0. The Kier molecular flexibility index (Phi) is 3.80. The fraction of sp³-hybridized carbons (Fsp3) is 0.333. The summed E-state index contributed by atoms with van der Waals surface area (Å²) in [6.07, 6.45) is 1.15. The third-order valence-corrected chi connectivity index (χ3v) is 3.42. The summed E-state index contributed by atoms with van der Waals surface area (Å²) in [6, 6.07) is 4.17. The number of nitro benzene ring substituents is 1. The van der Waals surface area contributed by atoms with Gasteiger partial charge in [0.2, 0.25) is 11.8 Å². The number of halogens is 1. The number of nitrogens with one attached hydrogen (secondary N) is 1. The molecule has 1 N–H and O–H groups in total. The van der Waals surface area contributed by atoms with E-state index in [0.29, 0.717) is 24.8 Å². The lowest BCUT2D eigenvalue weighted by atomic mass is 9.91. The SMILES string of the molecule is O=C1CCC(Cc2ccc([N+](=O)[O-])cc2Cl)C(=O)N1. The Labute approximate surface area is 113 Å². The molecule has 0 aliphatic carbocycles. The van der Waals surface area contributed by atoms with Gasteiger partial charge in [-0.2, -0.15) is 0 Å². The van der Waals surface area contributed by atoms with Crippen molar-refractivity contribution in [3.05, 3.63) is 38.9 Å². The van der Waals surface area contributed by atoms with E-state index in [1.807, 2.05) is 0 Å². The third kappa shape index (κ3) is 3.08. The molecule has 1 fully saturated rings. The number of piperidine rings is 1. The van der Waals surface area contributed by atoms with E-state index in [1.54, 1.807) is 6.07 Å². The number of carbonyl (C=O) groups excluding carboxylic acids is 2. The maximum Gasteiger partial charge on any atom is 0.270 e. The monoisotopic (exact) mass is 282 g/mol. The molecule has 1 aromatic carbocycles. The Hall–Kier alpha value is -1.95. The first-order chi connectivity index (χ1) is 8.97. The highest BCUT2D eigenvalue weighted by Gasteiger charge is 2.27. The van der Waals surface area contributed by atoms with E-state index >= 15 is 0 Å². The highest BCUT2D eigenvalue weighted by atomic mass is 35.5. The molecule has 6 nitrogen and oxygen atoms in total. The van der Waals surface area contributed by atoms with E-state index in [4.69, 9.17) is 11.6 Å². The lowest BCUT2D eigenvalue weighted by molar-refractivity contribution is -0.384.